The van der Waals surface area contributed by atoms with Crippen molar-refractivity contribution in [3.8, 4) is 0 Å². The third-order valence-electron chi connectivity index (χ3n) is 3.11. The summed E-state index contributed by atoms with van der Waals surface area (Å²) in [4.78, 5) is 2.17. The molecule has 0 bridgehead atoms. The minimum absolute atomic E-state index is 0.0962. The van der Waals surface area contributed by atoms with Crippen LogP contribution < -0.4 is 4.90 Å². The number of sulfone groups is 1. The van der Waals surface area contributed by atoms with E-state index in [1.807, 2.05) is 11.9 Å². The second kappa shape index (κ2) is 6.03. The fourth-order valence-electron chi connectivity index (χ4n) is 1.95. The van der Waals surface area contributed by atoms with Crippen LogP contribution in [-0.2, 0) is 16.4 Å². The fourth-order valence-corrected chi connectivity index (χ4v) is 2.70. The van der Waals surface area contributed by atoms with Gasteiger partial charge in [-0.25, -0.2) is 12.8 Å². The first-order valence-electron chi connectivity index (χ1n) is 6.22. The van der Waals surface area contributed by atoms with Gasteiger partial charge >= 0.3 is 0 Å². The predicted octanol–water partition coefficient (Wildman–Crippen LogP) is 3.52. The van der Waals surface area contributed by atoms with Gasteiger partial charge in [0, 0.05) is 25.5 Å². The topological polar surface area (TPSA) is 37.4 Å². The van der Waals surface area contributed by atoms with E-state index in [1.165, 1.54) is 18.4 Å². The third kappa shape index (κ3) is 3.95. The molecule has 6 heteroatoms. The molecule has 0 saturated heterocycles. The molecule has 0 aliphatic carbocycles. The zero-order valence-corrected chi connectivity index (χ0v) is 13.2. The van der Waals surface area contributed by atoms with Crippen molar-refractivity contribution in [3.05, 3.63) is 58.9 Å². The molecule has 0 unspecified atom stereocenters. The standard InChI is InChI=1S/C15H15ClFNO2S/c1-18(10-11-3-8-14(16)15(17)9-11)12-4-6-13(7-5-12)21(2,19)20/h3-9H,10H2,1-2H3. The second-order valence-electron chi connectivity index (χ2n) is 4.87. The smallest absolute Gasteiger partial charge is 0.175 e. The molecule has 0 aliphatic rings. The summed E-state index contributed by atoms with van der Waals surface area (Å²) < 4.78 is 36.2. The first-order valence-corrected chi connectivity index (χ1v) is 8.49. The van der Waals surface area contributed by atoms with Gasteiger partial charge in [0.05, 0.1) is 9.92 Å². The van der Waals surface area contributed by atoms with Crippen LogP contribution in [0.25, 0.3) is 0 Å². The van der Waals surface area contributed by atoms with E-state index in [1.54, 1.807) is 30.3 Å². The molecule has 112 valence electrons. The summed E-state index contributed by atoms with van der Waals surface area (Å²) >= 11 is 5.65. The SMILES string of the molecule is CN(Cc1ccc(Cl)c(F)c1)c1ccc(S(C)(=O)=O)cc1. The minimum Gasteiger partial charge on any atom is -0.370 e. The van der Waals surface area contributed by atoms with Crippen molar-refractivity contribution < 1.29 is 12.8 Å². The maximum absolute atomic E-state index is 13.4. The summed E-state index contributed by atoms with van der Waals surface area (Å²) in [6, 6.07) is 11.2. The van der Waals surface area contributed by atoms with Gasteiger partial charge in [0.15, 0.2) is 9.84 Å². The number of rotatable bonds is 4. The van der Waals surface area contributed by atoms with Gasteiger partial charge in [-0.3, -0.25) is 0 Å². The summed E-state index contributed by atoms with van der Waals surface area (Å²) in [5.74, 6) is -0.449. The van der Waals surface area contributed by atoms with Gasteiger partial charge in [-0.15, -0.1) is 0 Å². The minimum atomic E-state index is -3.20. The van der Waals surface area contributed by atoms with Crippen molar-refractivity contribution in [1.82, 2.24) is 0 Å². The molecule has 0 aliphatic heterocycles. The lowest BCUT2D eigenvalue weighted by atomic mass is 10.2. The molecule has 2 aromatic carbocycles. The average molecular weight is 328 g/mol. The molecule has 0 radical (unpaired) electrons. The molecule has 0 atom stereocenters. The predicted molar refractivity (Wildman–Crippen MR) is 83.1 cm³/mol. The molecule has 0 heterocycles. The lowest BCUT2D eigenvalue weighted by Gasteiger charge is -2.19. The van der Waals surface area contributed by atoms with Crippen LogP contribution in [0.1, 0.15) is 5.56 Å². The zero-order valence-electron chi connectivity index (χ0n) is 11.7. The first kappa shape index (κ1) is 15.8. The van der Waals surface area contributed by atoms with E-state index in [9.17, 15) is 12.8 Å². The molecular formula is C15H15ClFNO2S. The van der Waals surface area contributed by atoms with E-state index in [0.29, 0.717) is 6.54 Å². The zero-order chi connectivity index (χ0) is 15.6. The van der Waals surface area contributed by atoms with Crippen LogP contribution >= 0.6 is 11.6 Å². The van der Waals surface area contributed by atoms with Gasteiger partial charge < -0.3 is 4.90 Å². The largest absolute Gasteiger partial charge is 0.370 e. The van der Waals surface area contributed by atoms with E-state index in [0.717, 1.165) is 11.3 Å². The average Bonchev–Trinajstić information content (AvgIpc) is 2.42. The highest BCUT2D eigenvalue weighted by Crippen LogP contribution is 2.21. The van der Waals surface area contributed by atoms with Gasteiger partial charge in [0.1, 0.15) is 5.82 Å². The molecule has 0 fully saturated rings. The van der Waals surface area contributed by atoms with E-state index < -0.39 is 15.7 Å². The number of anilines is 1. The van der Waals surface area contributed by atoms with E-state index in [4.69, 9.17) is 11.6 Å². The molecule has 0 aromatic heterocycles. The van der Waals surface area contributed by atoms with Gasteiger partial charge in [-0.1, -0.05) is 17.7 Å². The van der Waals surface area contributed by atoms with Crippen LogP contribution in [0.2, 0.25) is 5.02 Å². The molecular weight excluding hydrogens is 313 g/mol. The molecule has 2 rings (SSSR count). The molecule has 2 aromatic rings. The quantitative estimate of drug-likeness (QED) is 0.862. The van der Waals surface area contributed by atoms with Crippen LogP contribution in [0.4, 0.5) is 10.1 Å². The van der Waals surface area contributed by atoms with E-state index in [2.05, 4.69) is 0 Å². The molecule has 3 nitrogen and oxygen atoms in total. The Balaban J connectivity index is 2.16. The normalized spacial score (nSPS) is 11.4. The molecule has 0 saturated carbocycles. The summed E-state index contributed by atoms with van der Waals surface area (Å²) in [6.07, 6.45) is 1.17. The summed E-state index contributed by atoms with van der Waals surface area (Å²) in [7, 11) is -1.35. The maximum atomic E-state index is 13.4. The summed E-state index contributed by atoms with van der Waals surface area (Å²) in [5, 5.41) is 0.0962. The Morgan fingerprint density at radius 2 is 1.76 bits per heavy atom. The first-order chi connectivity index (χ1) is 9.77. The van der Waals surface area contributed by atoms with Gasteiger partial charge in [0.25, 0.3) is 0 Å². The van der Waals surface area contributed by atoms with Crippen molar-refractivity contribution in [1.29, 1.82) is 0 Å². The highest BCUT2D eigenvalue weighted by atomic mass is 35.5. The number of benzene rings is 2. The lowest BCUT2D eigenvalue weighted by molar-refractivity contribution is 0.602. The van der Waals surface area contributed by atoms with Crippen molar-refractivity contribution in [2.75, 3.05) is 18.2 Å². The maximum Gasteiger partial charge on any atom is 0.175 e. The molecule has 0 spiro atoms. The number of halogens is 2. The van der Waals surface area contributed by atoms with Gasteiger partial charge in [0.2, 0.25) is 0 Å². The van der Waals surface area contributed by atoms with Crippen LogP contribution in [0.15, 0.2) is 47.4 Å². The highest BCUT2D eigenvalue weighted by molar-refractivity contribution is 7.90. The van der Waals surface area contributed by atoms with Crippen LogP contribution in [0.5, 0.6) is 0 Å². The van der Waals surface area contributed by atoms with E-state index in [-0.39, 0.29) is 9.92 Å². The Kier molecular flexibility index (Phi) is 4.54. The second-order valence-corrected chi connectivity index (χ2v) is 7.29. The molecule has 21 heavy (non-hydrogen) atoms. The van der Waals surface area contributed by atoms with Crippen LogP contribution in [0.3, 0.4) is 0 Å². The van der Waals surface area contributed by atoms with Crippen molar-refractivity contribution in [2.24, 2.45) is 0 Å². The van der Waals surface area contributed by atoms with Crippen molar-refractivity contribution >= 4 is 27.1 Å². The fraction of sp³-hybridized carbons (Fsp3) is 0.200. The summed E-state index contributed by atoms with van der Waals surface area (Å²) in [6.45, 7) is 0.492. The lowest BCUT2D eigenvalue weighted by Crippen LogP contribution is -2.16. The Morgan fingerprint density at radius 3 is 2.29 bits per heavy atom. The summed E-state index contributed by atoms with van der Waals surface area (Å²) in [5.41, 5.74) is 1.63. The van der Waals surface area contributed by atoms with Gasteiger partial charge in [-0.2, -0.15) is 0 Å². The van der Waals surface area contributed by atoms with Gasteiger partial charge in [-0.05, 0) is 42.0 Å². The number of nitrogens with zero attached hydrogens (tertiary/aromatic N) is 1. The number of hydrogen-bond donors (Lipinski definition) is 0. The van der Waals surface area contributed by atoms with Crippen molar-refractivity contribution in [2.45, 2.75) is 11.4 Å². The van der Waals surface area contributed by atoms with Crippen LogP contribution in [-0.4, -0.2) is 21.7 Å². The van der Waals surface area contributed by atoms with E-state index >= 15 is 0 Å². The third-order valence-corrected chi connectivity index (χ3v) is 4.54. The Bertz CT molecular complexity index is 745. The Hall–Kier alpha value is -1.59. The molecule has 0 N–H and O–H groups in total. The highest BCUT2D eigenvalue weighted by Gasteiger charge is 2.09. The monoisotopic (exact) mass is 327 g/mol. The number of hydrogen-bond acceptors (Lipinski definition) is 3. The Labute approximate surface area is 128 Å². The Morgan fingerprint density at radius 1 is 1.14 bits per heavy atom. The molecule has 0 amide bonds. The van der Waals surface area contributed by atoms with Crippen LogP contribution in [0, 0.1) is 5.82 Å². The van der Waals surface area contributed by atoms with Crippen molar-refractivity contribution in [3.63, 3.8) is 0 Å².